The summed E-state index contributed by atoms with van der Waals surface area (Å²) in [7, 11) is 0. The molecule has 2 heterocycles. The summed E-state index contributed by atoms with van der Waals surface area (Å²) in [6.07, 6.45) is 1.80. The van der Waals surface area contributed by atoms with Gasteiger partial charge in [0, 0.05) is 19.8 Å². The highest BCUT2D eigenvalue weighted by Gasteiger charge is 2.26. The van der Waals surface area contributed by atoms with Gasteiger partial charge < -0.3 is 14.3 Å². The number of carbonyl (C=O) groups is 1. The van der Waals surface area contributed by atoms with Crippen molar-refractivity contribution in [2.24, 2.45) is 0 Å². The lowest BCUT2D eigenvalue weighted by molar-refractivity contribution is 0.100. The van der Waals surface area contributed by atoms with E-state index in [4.69, 9.17) is 9.15 Å². The van der Waals surface area contributed by atoms with Crippen LogP contribution >= 0.6 is 0 Å². The molecule has 0 amide bonds. The van der Waals surface area contributed by atoms with Gasteiger partial charge in [0.2, 0.25) is 11.7 Å². The normalized spacial score (nSPS) is 10.5. The van der Waals surface area contributed by atoms with Crippen molar-refractivity contribution >= 4 is 5.78 Å². The van der Waals surface area contributed by atoms with Crippen LogP contribution in [0.25, 0.3) is 0 Å². The number of furan rings is 1. The highest BCUT2D eigenvalue weighted by molar-refractivity contribution is 6.09. The van der Waals surface area contributed by atoms with Crippen LogP contribution < -0.4 is 5.56 Å². The number of ether oxygens (including phenoxy) is 1. The van der Waals surface area contributed by atoms with Gasteiger partial charge in [-0.15, -0.1) is 0 Å². The van der Waals surface area contributed by atoms with E-state index in [1.807, 2.05) is 13.0 Å². The monoisotopic (exact) mass is 330 g/mol. The largest absolute Gasteiger partial charge is 0.494 e. The summed E-state index contributed by atoms with van der Waals surface area (Å²) >= 11 is 0. The second-order valence-electron chi connectivity index (χ2n) is 5.12. The molecule has 0 aromatic carbocycles. The van der Waals surface area contributed by atoms with Crippen LogP contribution in [0.15, 0.2) is 27.6 Å². The molecule has 0 spiro atoms. The molecule has 24 heavy (non-hydrogen) atoms. The van der Waals surface area contributed by atoms with Crippen molar-refractivity contribution in [1.29, 1.82) is 5.26 Å². The van der Waals surface area contributed by atoms with Crippen molar-refractivity contribution in [3.05, 3.63) is 51.2 Å². The molecule has 0 bridgehead atoms. The van der Waals surface area contributed by atoms with Crippen LogP contribution in [0.2, 0.25) is 0 Å². The van der Waals surface area contributed by atoms with Crippen LogP contribution in [0.5, 0.6) is 5.88 Å². The Hall–Kier alpha value is -2.85. The van der Waals surface area contributed by atoms with Crippen LogP contribution in [0.1, 0.15) is 40.6 Å². The van der Waals surface area contributed by atoms with Gasteiger partial charge in [0.25, 0.3) is 5.56 Å². The molecule has 2 aromatic heterocycles. The Morgan fingerprint density at radius 2 is 2.25 bits per heavy atom. The maximum absolute atomic E-state index is 12.6. The maximum Gasteiger partial charge on any atom is 0.271 e. The van der Waals surface area contributed by atoms with E-state index in [2.05, 4.69) is 0 Å². The average Bonchev–Trinajstić information content (AvgIpc) is 3.09. The number of aromatic hydroxyl groups is 1. The van der Waals surface area contributed by atoms with E-state index >= 15 is 0 Å². The first-order valence-corrected chi connectivity index (χ1v) is 7.55. The van der Waals surface area contributed by atoms with Crippen molar-refractivity contribution in [2.45, 2.75) is 26.8 Å². The summed E-state index contributed by atoms with van der Waals surface area (Å²) in [5.74, 6) is -1.02. The molecule has 0 fully saturated rings. The second kappa shape index (κ2) is 7.62. The number of pyridine rings is 1. The number of rotatable bonds is 7. The third-order valence-corrected chi connectivity index (χ3v) is 3.65. The fourth-order valence-corrected chi connectivity index (χ4v) is 2.43. The van der Waals surface area contributed by atoms with Gasteiger partial charge in [-0.2, -0.15) is 5.26 Å². The molecule has 0 saturated heterocycles. The molecule has 0 aliphatic heterocycles. The fraction of sp³-hybridized carbons (Fsp3) is 0.353. The van der Waals surface area contributed by atoms with Gasteiger partial charge in [-0.05, 0) is 38.0 Å². The third kappa shape index (κ3) is 3.24. The molecule has 2 aromatic rings. The van der Waals surface area contributed by atoms with Gasteiger partial charge in [0.1, 0.15) is 11.6 Å². The number of ketones is 1. The zero-order valence-electron chi connectivity index (χ0n) is 13.5. The fourth-order valence-electron chi connectivity index (χ4n) is 2.43. The highest BCUT2D eigenvalue weighted by atomic mass is 16.5. The standard InChI is InChI=1S/C17H18N2O5/c1-3-23-8-5-7-19-16(21)12(10-18)11(2)14(17(19)22)15(20)13-6-4-9-24-13/h4,6,9,22H,3,5,7-8H2,1-2H3. The molecule has 0 radical (unpaired) electrons. The molecule has 7 heteroatoms. The summed E-state index contributed by atoms with van der Waals surface area (Å²) in [5.41, 5.74) is -0.751. The van der Waals surface area contributed by atoms with Gasteiger partial charge >= 0.3 is 0 Å². The van der Waals surface area contributed by atoms with Crippen molar-refractivity contribution in [1.82, 2.24) is 4.57 Å². The minimum absolute atomic E-state index is 0.0248. The average molecular weight is 330 g/mol. The van der Waals surface area contributed by atoms with Crippen LogP contribution in [-0.2, 0) is 11.3 Å². The van der Waals surface area contributed by atoms with E-state index in [1.54, 1.807) is 6.07 Å². The van der Waals surface area contributed by atoms with Crippen LogP contribution in [0.3, 0.4) is 0 Å². The quantitative estimate of drug-likeness (QED) is 0.615. The molecule has 2 rings (SSSR count). The molecule has 1 N–H and O–H groups in total. The van der Waals surface area contributed by atoms with Gasteiger partial charge in [0.15, 0.2) is 5.76 Å². The third-order valence-electron chi connectivity index (χ3n) is 3.65. The van der Waals surface area contributed by atoms with E-state index in [1.165, 1.54) is 19.3 Å². The number of nitriles is 1. The molecule has 0 saturated carbocycles. The van der Waals surface area contributed by atoms with E-state index in [0.29, 0.717) is 19.6 Å². The Balaban J connectivity index is 2.53. The van der Waals surface area contributed by atoms with Gasteiger partial charge in [-0.25, -0.2) is 0 Å². The number of hydrogen-bond donors (Lipinski definition) is 1. The number of carbonyl (C=O) groups excluding carboxylic acids is 1. The van der Waals surface area contributed by atoms with Gasteiger partial charge in [0.05, 0.1) is 11.8 Å². The molecule has 7 nitrogen and oxygen atoms in total. The van der Waals surface area contributed by atoms with E-state index in [9.17, 15) is 20.0 Å². The minimum Gasteiger partial charge on any atom is -0.494 e. The maximum atomic E-state index is 12.6. The van der Waals surface area contributed by atoms with Crippen LogP contribution in [0.4, 0.5) is 0 Å². The van der Waals surface area contributed by atoms with Crippen molar-refractivity contribution < 1.29 is 19.1 Å². The molecular weight excluding hydrogens is 312 g/mol. The highest BCUT2D eigenvalue weighted by Crippen LogP contribution is 2.25. The lowest BCUT2D eigenvalue weighted by Crippen LogP contribution is -2.27. The van der Waals surface area contributed by atoms with Crippen LogP contribution in [-0.4, -0.2) is 28.7 Å². The van der Waals surface area contributed by atoms with Gasteiger partial charge in [-0.3, -0.25) is 14.2 Å². The predicted molar refractivity (Wildman–Crippen MR) is 85.1 cm³/mol. The van der Waals surface area contributed by atoms with Crippen molar-refractivity contribution in [3.63, 3.8) is 0 Å². The van der Waals surface area contributed by atoms with Crippen LogP contribution in [0, 0.1) is 18.3 Å². The van der Waals surface area contributed by atoms with Crippen molar-refractivity contribution in [2.75, 3.05) is 13.2 Å². The number of hydrogen-bond acceptors (Lipinski definition) is 6. The SMILES string of the molecule is CCOCCCn1c(O)c(C(=O)c2ccco2)c(C)c(C#N)c1=O. The topological polar surface area (TPSA) is 105 Å². The smallest absolute Gasteiger partial charge is 0.271 e. The number of nitrogens with zero attached hydrogens (tertiary/aromatic N) is 2. The molecular formula is C17H18N2O5. The first kappa shape index (κ1) is 17.5. The molecule has 0 aliphatic rings. The lowest BCUT2D eigenvalue weighted by atomic mass is 10.0. The molecule has 0 aliphatic carbocycles. The Labute approximate surface area is 138 Å². The molecule has 0 unspecified atom stereocenters. The first-order valence-electron chi connectivity index (χ1n) is 7.55. The number of aromatic nitrogens is 1. The van der Waals surface area contributed by atoms with Crippen molar-refractivity contribution in [3.8, 4) is 11.9 Å². The summed E-state index contributed by atoms with van der Waals surface area (Å²) in [6.45, 7) is 4.39. The lowest BCUT2D eigenvalue weighted by Gasteiger charge is -2.14. The molecule has 0 atom stereocenters. The summed E-state index contributed by atoms with van der Waals surface area (Å²) in [4.78, 5) is 24.9. The summed E-state index contributed by atoms with van der Waals surface area (Å²) in [6, 6.07) is 4.82. The van der Waals surface area contributed by atoms with E-state index in [-0.39, 0.29) is 29.0 Å². The van der Waals surface area contributed by atoms with E-state index in [0.717, 1.165) is 4.57 Å². The predicted octanol–water partition coefficient (Wildman–Crippen LogP) is 1.98. The Bertz CT molecular complexity index is 828. The van der Waals surface area contributed by atoms with Gasteiger partial charge in [-0.1, -0.05) is 0 Å². The Morgan fingerprint density at radius 1 is 1.50 bits per heavy atom. The zero-order valence-corrected chi connectivity index (χ0v) is 13.5. The summed E-state index contributed by atoms with van der Waals surface area (Å²) in [5, 5.41) is 19.7. The Morgan fingerprint density at radius 3 is 2.83 bits per heavy atom. The zero-order chi connectivity index (χ0) is 17.7. The first-order chi connectivity index (χ1) is 11.5. The Kier molecular flexibility index (Phi) is 5.55. The summed E-state index contributed by atoms with van der Waals surface area (Å²) < 4.78 is 11.3. The molecule has 126 valence electrons. The minimum atomic E-state index is -0.625. The second-order valence-corrected chi connectivity index (χ2v) is 5.12. The van der Waals surface area contributed by atoms with E-state index < -0.39 is 17.2 Å².